The molecule has 0 saturated heterocycles. The van der Waals surface area contributed by atoms with E-state index in [1.165, 1.54) is 6.42 Å². The number of carbonyl (C=O) groups is 1. The fraction of sp³-hybridized carbons (Fsp3) is 0.900. The van der Waals surface area contributed by atoms with Crippen LogP contribution in [0.3, 0.4) is 0 Å². The molecule has 1 aliphatic carbocycles. The summed E-state index contributed by atoms with van der Waals surface area (Å²) in [4.78, 5) is 11.1. The van der Waals surface area contributed by atoms with Crippen LogP contribution in [-0.4, -0.2) is 5.91 Å². The lowest BCUT2D eigenvalue weighted by Crippen LogP contribution is -2.32. The van der Waals surface area contributed by atoms with E-state index in [1.54, 1.807) is 0 Å². The lowest BCUT2D eigenvalue weighted by atomic mass is 9.83. The number of nitrogens with two attached hydrogens (primary N) is 1. The van der Waals surface area contributed by atoms with Crippen LogP contribution in [0.15, 0.2) is 0 Å². The Hall–Kier alpha value is -0.530. The maximum atomic E-state index is 11.1. The van der Waals surface area contributed by atoms with Crippen LogP contribution in [0.5, 0.6) is 0 Å². The van der Waals surface area contributed by atoms with Crippen molar-refractivity contribution in [1.82, 2.24) is 0 Å². The topological polar surface area (TPSA) is 43.1 Å². The minimum absolute atomic E-state index is 0.0984. The summed E-state index contributed by atoms with van der Waals surface area (Å²) in [5.41, 5.74) is 5.38. The van der Waals surface area contributed by atoms with Crippen LogP contribution in [0.4, 0.5) is 0 Å². The molecule has 1 fully saturated rings. The van der Waals surface area contributed by atoms with Crippen LogP contribution in [-0.2, 0) is 4.79 Å². The largest absolute Gasteiger partial charge is 0.369 e. The lowest BCUT2D eigenvalue weighted by molar-refractivity contribution is -0.124. The first-order valence-electron chi connectivity index (χ1n) is 4.83. The molecule has 0 aromatic rings. The molecule has 1 amide bonds. The van der Waals surface area contributed by atoms with E-state index in [4.69, 9.17) is 5.73 Å². The quantitative estimate of drug-likeness (QED) is 0.673. The van der Waals surface area contributed by atoms with Gasteiger partial charge in [-0.05, 0) is 30.6 Å². The van der Waals surface area contributed by atoms with Gasteiger partial charge in [-0.1, -0.05) is 20.8 Å². The molecule has 1 rings (SSSR count). The zero-order valence-corrected chi connectivity index (χ0v) is 8.21. The molecule has 0 aromatic heterocycles. The van der Waals surface area contributed by atoms with Crippen LogP contribution in [0.25, 0.3) is 0 Å². The van der Waals surface area contributed by atoms with Gasteiger partial charge >= 0.3 is 0 Å². The molecule has 0 aliphatic heterocycles. The Labute approximate surface area is 74.5 Å². The molecule has 12 heavy (non-hydrogen) atoms. The molecule has 0 radical (unpaired) electrons. The summed E-state index contributed by atoms with van der Waals surface area (Å²) in [6.45, 7) is 6.50. The minimum atomic E-state index is -0.0984. The van der Waals surface area contributed by atoms with E-state index in [2.05, 4.69) is 20.8 Å². The molecular weight excluding hydrogens is 150 g/mol. The van der Waals surface area contributed by atoms with Gasteiger partial charge in [0.2, 0.25) is 5.91 Å². The van der Waals surface area contributed by atoms with Gasteiger partial charge in [0, 0.05) is 5.92 Å². The van der Waals surface area contributed by atoms with Crippen molar-refractivity contribution < 1.29 is 4.79 Å². The SMILES string of the molecule is CC(C)[C@H]1CC[C@H](C)[C@@H]1C(N)=O. The number of primary amides is 1. The summed E-state index contributed by atoms with van der Waals surface area (Å²) in [7, 11) is 0. The standard InChI is InChI=1S/C10H19NO/c1-6(2)8-5-4-7(3)9(8)10(11)12/h6-9H,4-5H2,1-3H3,(H2,11,12)/t7-,8+,9-/m0/s1. The number of carbonyl (C=O) groups excluding carboxylic acids is 1. The third kappa shape index (κ3) is 1.62. The Kier molecular flexibility index (Phi) is 2.76. The fourth-order valence-electron chi connectivity index (χ4n) is 2.48. The molecule has 1 aliphatic rings. The maximum absolute atomic E-state index is 11.1. The van der Waals surface area contributed by atoms with E-state index >= 15 is 0 Å². The number of amides is 1. The van der Waals surface area contributed by atoms with Crippen molar-refractivity contribution in [3.8, 4) is 0 Å². The normalized spacial score (nSPS) is 35.8. The second-order valence-corrected chi connectivity index (χ2v) is 4.39. The van der Waals surface area contributed by atoms with E-state index < -0.39 is 0 Å². The predicted octanol–water partition coefficient (Wildman–Crippen LogP) is 1.79. The number of hydrogen-bond donors (Lipinski definition) is 1. The third-order valence-electron chi connectivity index (χ3n) is 3.21. The molecule has 0 unspecified atom stereocenters. The highest BCUT2D eigenvalue weighted by molar-refractivity contribution is 5.77. The highest BCUT2D eigenvalue weighted by Gasteiger charge is 2.38. The summed E-state index contributed by atoms with van der Waals surface area (Å²) in [6, 6.07) is 0. The molecule has 3 atom stereocenters. The summed E-state index contributed by atoms with van der Waals surface area (Å²) in [5, 5.41) is 0. The van der Waals surface area contributed by atoms with E-state index in [1.807, 2.05) is 0 Å². The van der Waals surface area contributed by atoms with Gasteiger partial charge in [-0.3, -0.25) is 4.79 Å². The number of hydrogen-bond acceptors (Lipinski definition) is 1. The number of rotatable bonds is 2. The Balaban J connectivity index is 2.70. The molecular formula is C10H19NO. The molecule has 0 spiro atoms. The molecule has 0 bridgehead atoms. The third-order valence-corrected chi connectivity index (χ3v) is 3.21. The first-order chi connectivity index (χ1) is 5.54. The monoisotopic (exact) mass is 169 g/mol. The molecule has 0 heterocycles. The summed E-state index contributed by atoms with van der Waals surface area (Å²) in [5.74, 6) is 1.64. The predicted molar refractivity (Wildman–Crippen MR) is 49.4 cm³/mol. The van der Waals surface area contributed by atoms with Crippen molar-refractivity contribution in [2.24, 2.45) is 29.4 Å². The van der Waals surface area contributed by atoms with Gasteiger partial charge in [0.15, 0.2) is 0 Å². The van der Waals surface area contributed by atoms with E-state index in [0.29, 0.717) is 17.8 Å². The van der Waals surface area contributed by atoms with E-state index in [9.17, 15) is 4.79 Å². The fourth-order valence-corrected chi connectivity index (χ4v) is 2.48. The molecule has 1 saturated carbocycles. The first kappa shape index (κ1) is 9.56. The lowest BCUT2D eigenvalue weighted by Gasteiger charge is -2.22. The summed E-state index contributed by atoms with van der Waals surface area (Å²) in [6.07, 6.45) is 2.34. The van der Waals surface area contributed by atoms with Crippen LogP contribution in [0.1, 0.15) is 33.6 Å². The summed E-state index contributed by atoms with van der Waals surface area (Å²) >= 11 is 0. The van der Waals surface area contributed by atoms with Crippen molar-refractivity contribution >= 4 is 5.91 Å². The van der Waals surface area contributed by atoms with Gasteiger partial charge in [0.05, 0.1) is 0 Å². The molecule has 2 N–H and O–H groups in total. The smallest absolute Gasteiger partial charge is 0.221 e. The summed E-state index contributed by atoms with van der Waals surface area (Å²) < 4.78 is 0. The zero-order valence-electron chi connectivity index (χ0n) is 8.21. The van der Waals surface area contributed by atoms with Crippen molar-refractivity contribution in [2.75, 3.05) is 0 Å². The first-order valence-corrected chi connectivity index (χ1v) is 4.83. The molecule has 0 aromatic carbocycles. The molecule has 2 nitrogen and oxygen atoms in total. The second-order valence-electron chi connectivity index (χ2n) is 4.39. The Morgan fingerprint density at radius 3 is 2.33 bits per heavy atom. The zero-order chi connectivity index (χ0) is 9.30. The van der Waals surface area contributed by atoms with Gasteiger partial charge < -0.3 is 5.73 Å². The Morgan fingerprint density at radius 1 is 1.42 bits per heavy atom. The average Bonchev–Trinajstić information content (AvgIpc) is 2.30. The van der Waals surface area contributed by atoms with Crippen molar-refractivity contribution in [1.29, 1.82) is 0 Å². The van der Waals surface area contributed by atoms with E-state index in [-0.39, 0.29) is 11.8 Å². The maximum Gasteiger partial charge on any atom is 0.221 e. The van der Waals surface area contributed by atoms with Crippen molar-refractivity contribution in [2.45, 2.75) is 33.6 Å². The Morgan fingerprint density at radius 2 is 2.00 bits per heavy atom. The van der Waals surface area contributed by atoms with Crippen LogP contribution in [0.2, 0.25) is 0 Å². The van der Waals surface area contributed by atoms with Crippen LogP contribution >= 0.6 is 0 Å². The van der Waals surface area contributed by atoms with Gasteiger partial charge in [-0.2, -0.15) is 0 Å². The van der Waals surface area contributed by atoms with Crippen LogP contribution < -0.4 is 5.73 Å². The molecule has 2 heteroatoms. The van der Waals surface area contributed by atoms with Gasteiger partial charge in [0.1, 0.15) is 0 Å². The molecule has 70 valence electrons. The highest BCUT2D eigenvalue weighted by atomic mass is 16.1. The van der Waals surface area contributed by atoms with Gasteiger partial charge in [-0.15, -0.1) is 0 Å². The Bertz CT molecular complexity index is 177. The van der Waals surface area contributed by atoms with Crippen molar-refractivity contribution in [3.05, 3.63) is 0 Å². The van der Waals surface area contributed by atoms with E-state index in [0.717, 1.165) is 6.42 Å². The minimum Gasteiger partial charge on any atom is -0.369 e. The van der Waals surface area contributed by atoms with Gasteiger partial charge in [-0.25, -0.2) is 0 Å². The van der Waals surface area contributed by atoms with Gasteiger partial charge in [0.25, 0.3) is 0 Å². The highest BCUT2D eigenvalue weighted by Crippen LogP contribution is 2.40. The van der Waals surface area contributed by atoms with Crippen LogP contribution in [0, 0.1) is 23.7 Å². The average molecular weight is 169 g/mol. The van der Waals surface area contributed by atoms with Crippen molar-refractivity contribution in [3.63, 3.8) is 0 Å². The second kappa shape index (κ2) is 3.46.